The molecule has 3 aliphatic rings. The van der Waals surface area contributed by atoms with E-state index in [-0.39, 0.29) is 11.9 Å². The molecule has 3 aromatic rings. The third-order valence-corrected chi connectivity index (χ3v) is 8.72. The van der Waals surface area contributed by atoms with Gasteiger partial charge in [0, 0.05) is 45.3 Å². The third-order valence-electron chi connectivity index (χ3n) is 8.72. The number of anilines is 2. The van der Waals surface area contributed by atoms with Crippen molar-refractivity contribution in [1.82, 2.24) is 15.2 Å². The first-order chi connectivity index (χ1) is 19.7. The van der Waals surface area contributed by atoms with E-state index in [2.05, 4.69) is 62.5 Å². The van der Waals surface area contributed by atoms with Crippen LogP contribution in [0.5, 0.6) is 0 Å². The average molecular weight is 544 g/mol. The van der Waals surface area contributed by atoms with Crippen molar-refractivity contribution in [2.45, 2.75) is 38.1 Å². The lowest BCUT2D eigenvalue weighted by Crippen LogP contribution is -2.47. The second-order valence-corrected chi connectivity index (χ2v) is 11.3. The number of hydrogen-bond donors (Lipinski definition) is 1. The van der Waals surface area contributed by atoms with Crippen molar-refractivity contribution in [2.75, 3.05) is 68.8 Å². The Kier molecular flexibility index (Phi) is 8.64. The van der Waals surface area contributed by atoms with E-state index >= 15 is 0 Å². The van der Waals surface area contributed by atoms with Crippen molar-refractivity contribution in [3.8, 4) is 11.1 Å². The van der Waals surface area contributed by atoms with Gasteiger partial charge in [-0.05, 0) is 80.0 Å². The van der Waals surface area contributed by atoms with Crippen LogP contribution in [0.1, 0.15) is 42.7 Å². The van der Waals surface area contributed by atoms with Gasteiger partial charge in [0.1, 0.15) is 11.6 Å². The highest BCUT2D eigenvalue weighted by Gasteiger charge is 2.25. The molecule has 2 aromatic heterocycles. The lowest BCUT2D eigenvalue weighted by Gasteiger charge is -2.37. The van der Waals surface area contributed by atoms with Gasteiger partial charge in [-0.25, -0.2) is 4.98 Å². The predicted octanol–water partition coefficient (Wildman–Crippen LogP) is 4.68. The summed E-state index contributed by atoms with van der Waals surface area (Å²) in [6, 6.07) is 18.9. The van der Waals surface area contributed by atoms with E-state index < -0.39 is 0 Å². The van der Waals surface area contributed by atoms with Crippen LogP contribution >= 0.6 is 0 Å². The number of benzene rings is 1. The Morgan fingerprint density at radius 2 is 1.52 bits per heavy atom. The van der Waals surface area contributed by atoms with Crippen molar-refractivity contribution >= 4 is 17.5 Å². The molecule has 2 saturated heterocycles. The average Bonchev–Trinajstić information content (AvgIpc) is 3.57. The van der Waals surface area contributed by atoms with Gasteiger partial charge in [-0.1, -0.05) is 30.3 Å². The van der Waals surface area contributed by atoms with Gasteiger partial charge >= 0.3 is 0 Å². The normalized spacial score (nSPS) is 22.3. The number of morpholine rings is 1. The molecule has 8 nitrogen and oxygen atoms in total. The fourth-order valence-electron chi connectivity index (χ4n) is 6.24. The van der Waals surface area contributed by atoms with Crippen LogP contribution in [0.25, 0.3) is 11.1 Å². The van der Waals surface area contributed by atoms with Crippen LogP contribution < -0.4 is 15.1 Å². The molecule has 3 fully saturated rings. The summed E-state index contributed by atoms with van der Waals surface area (Å²) in [5.41, 5.74) is 2.46. The number of piperazine rings is 1. The smallest absolute Gasteiger partial charge is 0.287 e. The quantitative estimate of drug-likeness (QED) is 0.442. The second kappa shape index (κ2) is 12.9. The molecule has 1 aliphatic carbocycles. The Morgan fingerprint density at radius 3 is 2.20 bits per heavy atom. The summed E-state index contributed by atoms with van der Waals surface area (Å²) < 4.78 is 10.8. The van der Waals surface area contributed by atoms with Crippen LogP contribution in [0.3, 0.4) is 0 Å². The van der Waals surface area contributed by atoms with Crippen molar-refractivity contribution in [3.05, 3.63) is 66.6 Å². The summed E-state index contributed by atoms with van der Waals surface area (Å²) >= 11 is 0. The van der Waals surface area contributed by atoms with Crippen LogP contribution in [-0.4, -0.2) is 80.9 Å². The topological polar surface area (TPSA) is 74.1 Å². The fourth-order valence-corrected chi connectivity index (χ4v) is 6.24. The van der Waals surface area contributed by atoms with Crippen molar-refractivity contribution in [1.29, 1.82) is 0 Å². The van der Waals surface area contributed by atoms with Gasteiger partial charge in [-0.3, -0.25) is 9.69 Å². The summed E-state index contributed by atoms with van der Waals surface area (Å²) in [5.74, 6) is 3.19. The van der Waals surface area contributed by atoms with Gasteiger partial charge in [-0.2, -0.15) is 0 Å². The second-order valence-electron chi connectivity index (χ2n) is 11.3. The number of rotatable bonds is 8. The summed E-state index contributed by atoms with van der Waals surface area (Å²) in [6.45, 7) is 8.57. The number of ether oxygens (including phenoxy) is 1. The highest BCUT2D eigenvalue weighted by molar-refractivity contribution is 5.91. The Bertz CT molecular complexity index is 1210. The van der Waals surface area contributed by atoms with E-state index in [1.54, 1.807) is 18.4 Å². The minimum absolute atomic E-state index is 0.0906. The highest BCUT2D eigenvalue weighted by atomic mass is 16.5. The first-order valence-electron chi connectivity index (χ1n) is 14.9. The summed E-state index contributed by atoms with van der Waals surface area (Å²) in [4.78, 5) is 24.8. The van der Waals surface area contributed by atoms with Gasteiger partial charge in [0.25, 0.3) is 5.91 Å². The predicted molar refractivity (Wildman–Crippen MR) is 158 cm³/mol. The van der Waals surface area contributed by atoms with Gasteiger partial charge in [0.15, 0.2) is 5.76 Å². The van der Waals surface area contributed by atoms with Gasteiger partial charge < -0.3 is 24.3 Å². The summed E-state index contributed by atoms with van der Waals surface area (Å²) in [7, 11) is 0. The molecular weight excluding hydrogens is 502 g/mol. The maximum Gasteiger partial charge on any atom is 0.287 e. The molecule has 4 heterocycles. The zero-order chi connectivity index (χ0) is 27.1. The summed E-state index contributed by atoms with van der Waals surface area (Å²) in [5, 5.41) is 3.14. The number of nitrogens with zero attached hydrogens (tertiary/aromatic N) is 4. The monoisotopic (exact) mass is 543 g/mol. The molecule has 2 aliphatic heterocycles. The number of nitrogens with one attached hydrogen (secondary N) is 1. The largest absolute Gasteiger partial charge is 0.459 e. The van der Waals surface area contributed by atoms with Crippen LogP contribution in [0.15, 0.2) is 65.3 Å². The van der Waals surface area contributed by atoms with Crippen LogP contribution in [-0.2, 0) is 4.74 Å². The maximum atomic E-state index is 12.3. The number of pyridine rings is 1. The number of carbonyl (C=O) groups excluding carboxylic acids is 1. The van der Waals surface area contributed by atoms with Gasteiger partial charge in [0.2, 0.25) is 0 Å². The molecule has 0 radical (unpaired) electrons. The van der Waals surface area contributed by atoms with Gasteiger partial charge in [0.05, 0.1) is 19.5 Å². The zero-order valence-electron chi connectivity index (χ0n) is 23.3. The number of furan rings is 1. The molecule has 0 unspecified atom stereocenters. The van der Waals surface area contributed by atoms with E-state index in [4.69, 9.17) is 14.1 Å². The molecule has 1 saturated carbocycles. The van der Waals surface area contributed by atoms with Crippen molar-refractivity contribution < 1.29 is 13.9 Å². The lowest BCUT2D eigenvalue weighted by molar-refractivity contribution is 0.0891. The number of hydrogen-bond acceptors (Lipinski definition) is 7. The van der Waals surface area contributed by atoms with Crippen molar-refractivity contribution in [3.63, 3.8) is 0 Å². The lowest BCUT2D eigenvalue weighted by atomic mass is 9.84. The molecule has 0 spiro atoms. The molecule has 8 heteroatoms. The minimum atomic E-state index is -0.0906. The number of aromatic nitrogens is 1. The number of amides is 1. The van der Waals surface area contributed by atoms with E-state index in [0.29, 0.717) is 5.76 Å². The molecule has 212 valence electrons. The first kappa shape index (κ1) is 26.8. The molecule has 1 N–H and O–H groups in total. The minimum Gasteiger partial charge on any atom is -0.459 e. The summed E-state index contributed by atoms with van der Waals surface area (Å²) in [6.07, 6.45) is 7.27. The highest BCUT2D eigenvalue weighted by Crippen LogP contribution is 2.30. The third kappa shape index (κ3) is 6.67. The van der Waals surface area contributed by atoms with Gasteiger partial charge in [-0.15, -0.1) is 0 Å². The number of carbonyl (C=O) groups is 1. The Balaban J connectivity index is 1.00. The zero-order valence-corrected chi connectivity index (χ0v) is 23.3. The fraction of sp³-hybridized carbons (Fsp3) is 0.500. The Hall–Kier alpha value is -3.36. The SMILES string of the molecule is O=C(N[C@H]1CC[C@H](CCN2CCN(c3cc(-c4ccccc4)cc(N4CCOCC4)n3)CC2)CC1)c1ccco1. The van der Waals surface area contributed by atoms with E-state index in [9.17, 15) is 4.79 Å². The molecule has 1 amide bonds. The first-order valence-corrected chi connectivity index (χ1v) is 14.9. The van der Waals surface area contributed by atoms with Crippen LogP contribution in [0.2, 0.25) is 0 Å². The Morgan fingerprint density at radius 1 is 0.825 bits per heavy atom. The van der Waals surface area contributed by atoms with E-state index in [1.165, 1.54) is 30.4 Å². The molecule has 0 bridgehead atoms. The maximum absolute atomic E-state index is 12.3. The molecule has 1 aromatic carbocycles. The van der Waals surface area contributed by atoms with Crippen LogP contribution in [0.4, 0.5) is 11.6 Å². The molecule has 40 heavy (non-hydrogen) atoms. The Labute approximate surface area is 237 Å². The van der Waals surface area contributed by atoms with Crippen LogP contribution in [0, 0.1) is 5.92 Å². The molecule has 6 rings (SSSR count). The molecule has 0 atom stereocenters. The van der Waals surface area contributed by atoms with E-state index in [1.807, 2.05) is 0 Å². The molecular formula is C32H41N5O3. The standard InChI is InChI=1S/C32H41N5O3/c38-32(29-7-4-20-40-29)33-28-10-8-25(9-11-28)12-13-35-14-16-36(17-15-35)30-23-27(26-5-2-1-3-6-26)24-31(34-30)37-18-21-39-22-19-37/h1-7,20,23-25,28H,8-19,21-22H2,(H,33,38)/t25-,28-. The van der Waals surface area contributed by atoms with E-state index in [0.717, 1.165) is 89.4 Å². The van der Waals surface area contributed by atoms with Crippen molar-refractivity contribution in [2.24, 2.45) is 5.92 Å².